The van der Waals surface area contributed by atoms with Gasteiger partial charge in [0.1, 0.15) is 0 Å². The lowest BCUT2D eigenvalue weighted by Crippen LogP contribution is -2.41. The molecule has 0 aliphatic carbocycles. The highest BCUT2D eigenvalue weighted by atomic mass is 32.1. The van der Waals surface area contributed by atoms with Crippen LogP contribution >= 0.6 is 11.3 Å². The van der Waals surface area contributed by atoms with Gasteiger partial charge in [0.15, 0.2) is 0 Å². The van der Waals surface area contributed by atoms with E-state index in [4.69, 9.17) is 0 Å². The Labute approximate surface area is 139 Å². The highest BCUT2D eigenvalue weighted by Gasteiger charge is 2.48. The van der Waals surface area contributed by atoms with Crippen LogP contribution in [0.2, 0.25) is 0 Å². The fourth-order valence-corrected chi connectivity index (χ4v) is 4.35. The number of fused-ring (bicyclic) bond motifs is 1. The molecule has 2 aromatic rings. The zero-order valence-electron chi connectivity index (χ0n) is 13.4. The van der Waals surface area contributed by atoms with Gasteiger partial charge < -0.3 is 10.0 Å². The standard InChI is InChI=1S/C18H21NO3S/c1-12(2)18(17(21)22)7-8-19(11-18)16(20)9-13-10-23-15-6-4-3-5-14(13)15/h3-6,10,12H,7-9,11H2,1-2H3,(H,21,22). The van der Waals surface area contributed by atoms with Crippen molar-refractivity contribution in [3.05, 3.63) is 35.2 Å². The van der Waals surface area contributed by atoms with E-state index in [1.54, 1.807) is 16.2 Å². The van der Waals surface area contributed by atoms with Gasteiger partial charge in [0.05, 0.1) is 11.8 Å². The molecule has 23 heavy (non-hydrogen) atoms. The average molecular weight is 331 g/mol. The monoisotopic (exact) mass is 331 g/mol. The van der Waals surface area contributed by atoms with Crippen LogP contribution in [0.5, 0.6) is 0 Å². The molecule has 1 saturated heterocycles. The van der Waals surface area contributed by atoms with Gasteiger partial charge in [-0.25, -0.2) is 0 Å². The van der Waals surface area contributed by atoms with Crippen molar-refractivity contribution in [1.82, 2.24) is 4.90 Å². The number of amides is 1. The lowest BCUT2D eigenvalue weighted by atomic mass is 9.76. The van der Waals surface area contributed by atoms with Crippen molar-refractivity contribution in [2.45, 2.75) is 26.7 Å². The fourth-order valence-electron chi connectivity index (χ4n) is 3.38. The van der Waals surface area contributed by atoms with E-state index < -0.39 is 11.4 Å². The molecule has 1 aliphatic heterocycles. The summed E-state index contributed by atoms with van der Waals surface area (Å²) in [5.74, 6) is -0.749. The first-order valence-corrected chi connectivity index (χ1v) is 8.78. The van der Waals surface area contributed by atoms with Crippen LogP contribution in [0.3, 0.4) is 0 Å². The molecule has 1 unspecified atom stereocenters. The number of benzene rings is 1. The Bertz CT molecular complexity index is 752. The van der Waals surface area contributed by atoms with Gasteiger partial charge >= 0.3 is 5.97 Å². The average Bonchev–Trinajstić information content (AvgIpc) is 3.13. The molecular formula is C18H21NO3S. The van der Waals surface area contributed by atoms with Crippen LogP contribution in [-0.2, 0) is 16.0 Å². The van der Waals surface area contributed by atoms with E-state index in [1.165, 1.54) is 4.70 Å². The molecule has 0 radical (unpaired) electrons. The quantitative estimate of drug-likeness (QED) is 0.934. The second-order valence-corrected chi connectivity index (χ2v) is 7.53. The number of likely N-dealkylation sites (tertiary alicyclic amines) is 1. The summed E-state index contributed by atoms with van der Waals surface area (Å²) < 4.78 is 1.18. The van der Waals surface area contributed by atoms with Gasteiger partial charge in [0.2, 0.25) is 5.91 Å². The number of carboxylic acid groups (broad SMARTS) is 1. The number of carbonyl (C=O) groups excluding carboxylic acids is 1. The van der Waals surface area contributed by atoms with Gasteiger partial charge in [-0.3, -0.25) is 9.59 Å². The number of hydrogen-bond donors (Lipinski definition) is 1. The Balaban J connectivity index is 1.76. The minimum absolute atomic E-state index is 0.0137. The predicted octanol–water partition coefficient (Wildman–Crippen LogP) is 3.40. The normalized spacial score (nSPS) is 21.3. The van der Waals surface area contributed by atoms with Gasteiger partial charge in [0.25, 0.3) is 0 Å². The Morgan fingerprint density at radius 1 is 1.35 bits per heavy atom. The van der Waals surface area contributed by atoms with Crippen LogP contribution in [0.4, 0.5) is 0 Å². The van der Waals surface area contributed by atoms with Crippen molar-refractivity contribution in [3.63, 3.8) is 0 Å². The maximum Gasteiger partial charge on any atom is 0.311 e. The van der Waals surface area contributed by atoms with Gasteiger partial charge in [-0.05, 0) is 34.7 Å². The lowest BCUT2D eigenvalue weighted by Gasteiger charge is -2.28. The van der Waals surface area contributed by atoms with Crippen molar-refractivity contribution in [1.29, 1.82) is 0 Å². The molecular weight excluding hydrogens is 310 g/mol. The van der Waals surface area contributed by atoms with E-state index in [0.717, 1.165) is 10.9 Å². The zero-order chi connectivity index (χ0) is 16.6. The molecule has 5 heteroatoms. The predicted molar refractivity (Wildman–Crippen MR) is 91.6 cm³/mol. The van der Waals surface area contributed by atoms with Gasteiger partial charge in [-0.1, -0.05) is 32.0 Å². The zero-order valence-corrected chi connectivity index (χ0v) is 14.2. The smallest absolute Gasteiger partial charge is 0.311 e. The minimum Gasteiger partial charge on any atom is -0.481 e. The summed E-state index contributed by atoms with van der Waals surface area (Å²) in [4.78, 5) is 26.0. The number of carboxylic acids is 1. The SMILES string of the molecule is CC(C)C1(C(=O)O)CCN(C(=O)Cc2csc3ccccc23)C1. The summed E-state index contributed by atoms with van der Waals surface area (Å²) in [7, 11) is 0. The van der Waals surface area contributed by atoms with Gasteiger partial charge in [-0.15, -0.1) is 11.3 Å². The Morgan fingerprint density at radius 3 is 2.74 bits per heavy atom. The third kappa shape index (κ3) is 2.74. The second kappa shape index (κ2) is 5.96. The first-order valence-electron chi connectivity index (χ1n) is 7.90. The highest BCUT2D eigenvalue weighted by molar-refractivity contribution is 7.17. The second-order valence-electron chi connectivity index (χ2n) is 6.62. The number of aliphatic carboxylic acids is 1. The van der Waals surface area contributed by atoms with Crippen LogP contribution in [-0.4, -0.2) is 35.0 Å². The van der Waals surface area contributed by atoms with Crippen LogP contribution in [0.15, 0.2) is 29.6 Å². The maximum atomic E-state index is 12.6. The third-order valence-electron chi connectivity index (χ3n) is 5.09. The summed E-state index contributed by atoms with van der Waals surface area (Å²) in [6.45, 7) is 4.70. The van der Waals surface area contributed by atoms with E-state index in [2.05, 4.69) is 6.07 Å². The van der Waals surface area contributed by atoms with E-state index in [1.807, 2.05) is 37.4 Å². The van der Waals surface area contributed by atoms with Crippen molar-refractivity contribution in [3.8, 4) is 0 Å². The van der Waals surface area contributed by atoms with Crippen molar-refractivity contribution >= 4 is 33.3 Å². The molecule has 1 N–H and O–H groups in total. The molecule has 1 atom stereocenters. The van der Waals surface area contributed by atoms with E-state index in [0.29, 0.717) is 25.9 Å². The van der Waals surface area contributed by atoms with E-state index >= 15 is 0 Å². The first kappa shape index (κ1) is 16.0. The molecule has 3 rings (SSSR count). The number of nitrogens with zero attached hydrogens (tertiary/aromatic N) is 1. The van der Waals surface area contributed by atoms with Gasteiger partial charge in [0, 0.05) is 17.8 Å². The Hall–Kier alpha value is -1.88. The summed E-state index contributed by atoms with van der Waals surface area (Å²) in [6.07, 6.45) is 0.883. The number of thiophene rings is 1. The minimum atomic E-state index is -0.799. The Kier molecular flexibility index (Phi) is 4.15. The number of carbonyl (C=O) groups is 2. The molecule has 1 fully saturated rings. The van der Waals surface area contributed by atoms with Crippen LogP contribution in [0, 0.1) is 11.3 Å². The topological polar surface area (TPSA) is 57.6 Å². The van der Waals surface area contributed by atoms with Crippen LogP contribution in [0.25, 0.3) is 10.1 Å². The molecule has 4 nitrogen and oxygen atoms in total. The lowest BCUT2D eigenvalue weighted by molar-refractivity contribution is -0.151. The largest absolute Gasteiger partial charge is 0.481 e. The molecule has 2 heterocycles. The molecule has 0 bridgehead atoms. The molecule has 1 aliphatic rings. The van der Waals surface area contributed by atoms with E-state index in [-0.39, 0.29) is 11.8 Å². The third-order valence-corrected chi connectivity index (χ3v) is 6.10. The van der Waals surface area contributed by atoms with Gasteiger partial charge in [-0.2, -0.15) is 0 Å². The summed E-state index contributed by atoms with van der Waals surface area (Å²) in [5.41, 5.74) is 0.236. The molecule has 1 amide bonds. The van der Waals surface area contributed by atoms with E-state index in [9.17, 15) is 14.7 Å². The summed E-state index contributed by atoms with van der Waals surface area (Å²) in [5, 5.41) is 12.8. The highest BCUT2D eigenvalue weighted by Crippen LogP contribution is 2.38. The molecule has 0 saturated carbocycles. The first-order chi connectivity index (χ1) is 10.9. The van der Waals surface area contributed by atoms with Crippen molar-refractivity contribution < 1.29 is 14.7 Å². The van der Waals surface area contributed by atoms with Crippen molar-refractivity contribution in [2.75, 3.05) is 13.1 Å². The molecule has 1 aromatic heterocycles. The molecule has 0 spiro atoms. The Morgan fingerprint density at radius 2 is 2.09 bits per heavy atom. The van der Waals surface area contributed by atoms with Crippen LogP contribution in [0.1, 0.15) is 25.8 Å². The summed E-state index contributed by atoms with van der Waals surface area (Å²) >= 11 is 1.64. The molecule has 122 valence electrons. The van der Waals surface area contributed by atoms with Crippen molar-refractivity contribution in [2.24, 2.45) is 11.3 Å². The fraction of sp³-hybridized carbons (Fsp3) is 0.444. The molecule has 1 aromatic carbocycles. The number of rotatable bonds is 4. The number of hydrogen-bond acceptors (Lipinski definition) is 3. The summed E-state index contributed by atoms with van der Waals surface area (Å²) in [6, 6.07) is 8.06. The maximum absolute atomic E-state index is 12.6. The van der Waals surface area contributed by atoms with Crippen LogP contribution < -0.4 is 0 Å².